The summed E-state index contributed by atoms with van der Waals surface area (Å²) in [5.74, 6) is 1.46. The maximum Gasteiger partial charge on any atom is 0.407 e. The SMILES string of the molecule is CCNC(=NCC1Cc2ccccc21)N1CCC(NC(=O)OC(C)(C)C)C1. The van der Waals surface area contributed by atoms with E-state index in [1.807, 2.05) is 20.8 Å². The summed E-state index contributed by atoms with van der Waals surface area (Å²) in [7, 11) is 0. The molecule has 1 heterocycles. The van der Waals surface area contributed by atoms with Gasteiger partial charge < -0.3 is 20.3 Å². The molecule has 27 heavy (non-hydrogen) atoms. The van der Waals surface area contributed by atoms with Gasteiger partial charge in [-0.2, -0.15) is 0 Å². The molecule has 0 radical (unpaired) electrons. The highest BCUT2D eigenvalue weighted by Gasteiger charge is 2.29. The van der Waals surface area contributed by atoms with Crippen molar-refractivity contribution in [1.29, 1.82) is 0 Å². The van der Waals surface area contributed by atoms with E-state index in [1.54, 1.807) is 0 Å². The maximum atomic E-state index is 12.0. The number of nitrogens with one attached hydrogen (secondary N) is 2. The number of ether oxygens (including phenoxy) is 1. The van der Waals surface area contributed by atoms with Crippen LogP contribution >= 0.6 is 0 Å². The predicted octanol–water partition coefficient (Wildman–Crippen LogP) is 2.89. The van der Waals surface area contributed by atoms with Gasteiger partial charge in [-0.05, 0) is 51.7 Å². The van der Waals surface area contributed by atoms with Crippen LogP contribution in [0.5, 0.6) is 0 Å². The highest BCUT2D eigenvalue weighted by atomic mass is 16.6. The van der Waals surface area contributed by atoms with E-state index in [4.69, 9.17) is 9.73 Å². The first-order chi connectivity index (χ1) is 12.9. The third-order valence-corrected chi connectivity index (χ3v) is 4.97. The van der Waals surface area contributed by atoms with Crippen LogP contribution < -0.4 is 10.6 Å². The highest BCUT2D eigenvalue weighted by Crippen LogP contribution is 2.34. The van der Waals surface area contributed by atoms with Crippen molar-refractivity contribution in [3.63, 3.8) is 0 Å². The van der Waals surface area contributed by atoms with Crippen LogP contribution in [-0.4, -0.2) is 54.8 Å². The van der Waals surface area contributed by atoms with E-state index < -0.39 is 5.60 Å². The Labute approximate surface area is 162 Å². The van der Waals surface area contributed by atoms with Gasteiger partial charge in [-0.3, -0.25) is 4.99 Å². The molecule has 2 N–H and O–H groups in total. The minimum Gasteiger partial charge on any atom is -0.444 e. The lowest BCUT2D eigenvalue weighted by Gasteiger charge is -2.29. The fourth-order valence-corrected chi connectivity index (χ4v) is 3.69. The molecule has 1 aliphatic carbocycles. The minimum absolute atomic E-state index is 0.0909. The van der Waals surface area contributed by atoms with Crippen molar-refractivity contribution in [3.05, 3.63) is 35.4 Å². The molecule has 1 aromatic carbocycles. The Hall–Kier alpha value is -2.24. The van der Waals surface area contributed by atoms with Crippen LogP contribution in [0, 0.1) is 0 Å². The molecule has 2 aliphatic rings. The molecule has 3 rings (SSSR count). The third-order valence-electron chi connectivity index (χ3n) is 4.97. The van der Waals surface area contributed by atoms with E-state index in [0.29, 0.717) is 5.92 Å². The number of rotatable bonds is 4. The van der Waals surface area contributed by atoms with Gasteiger partial charge in [0.2, 0.25) is 0 Å². The number of likely N-dealkylation sites (tertiary alicyclic amines) is 1. The first-order valence-electron chi connectivity index (χ1n) is 9.96. The molecule has 1 fully saturated rings. The van der Waals surface area contributed by atoms with Crippen molar-refractivity contribution in [3.8, 4) is 0 Å². The molecule has 148 valence electrons. The van der Waals surface area contributed by atoms with E-state index in [0.717, 1.165) is 45.0 Å². The fourth-order valence-electron chi connectivity index (χ4n) is 3.69. The number of guanidine groups is 1. The number of aliphatic imine (C=N–C) groups is 1. The molecule has 0 saturated carbocycles. The average molecular weight is 373 g/mol. The van der Waals surface area contributed by atoms with E-state index in [1.165, 1.54) is 11.1 Å². The number of hydrogen-bond donors (Lipinski definition) is 2. The number of fused-ring (bicyclic) bond motifs is 1. The van der Waals surface area contributed by atoms with Gasteiger partial charge in [-0.25, -0.2) is 4.79 Å². The molecule has 1 aromatic rings. The topological polar surface area (TPSA) is 66.0 Å². The molecular formula is C21H32N4O2. The van der Waals surface area contributed by atoms with Crippen LogP contribution in [0.2, 0.25) is 0 Å². The molecule has 1 amide bonds. The van der Waals surface area contributed by atoms with Crippen LogP contribution in [-0.2, 0) is 11.2 Å². The molecule has 0 aromatic heterocycles. The van der Waals surface area contributed by atoms with Crippen molar-refractivity contribution in [2.24, 2.45) is 4.99 Å². The van der Waals surface area contributed by atoms with Gasteiger partial charge in [-0.15, -0.1) is 0 Å². The highest BCUT2D eigenvalue weighted by molar-refractivity contribution is 5.80. The van der Waals surface area contributed by atoms with E-state index in [2.05, 4.69) is 46.7 Å². The maximum absolute atomic E-state index is 12.0. The monoisotopic (exact) mass is 372 g/mol. The van der Waals surface area contributed by atoms with Gasteiger partial charge in [0.05, 0.1) is 6.04 Å². The number of amides is 1. The van der Waals surface area contributed by atoms with Crippen LogP contribution in [0.1, 0.15) is 51.2 Å². The second-order valence-corrected chi connectivity index (χ2v) is 8.37. The molecule has 2 atom stereocenters. The number of benzene rings is 1. The zero-order valence-electron chi connectivity index (χ0n) is 16.9. The number of carbonyl (C=O) groups is 1. The van der Waals surface area contributed by atoms with Crippen molar-refractivity contribution in [1.82, 2.24) is 15.5 Å². The lowest BCUT2D eigenvalue weighted by Crippen LogP contribution is -2.44. The van der Waals surface area contributed by atoms with Crippen molar-refractivity contribution >= 4 is 12.1 Å². The fraction of sp³-hybridized carbons (Fsp3) is 0.619. The number of hydrogen-bond acceptors (Lipinski definition) is 3. The zero-order valence-corrected chi connectivity index (χ0v) is 16.9. The molecule has 6 nitrogen and oxygen atoms in total. The summed E-state index contributed by atoms with van der Waals surface area (Å²) in [6, 6.07) is 8.71. The van der Waals surface area contributed by atoms with Crippen LogP contribution in [0.4, 0.5) is 4.79 Å². The second-order valence-electron chi connectivity index (χ2n) is 8.37. The van der Waals surface area contributed by atoms with Gasteiger partial charge in [0.25, 0.3) is 0 Å². The second kappa shape index (κ2) is 8.19. The standard InChI is InChI=1S/C21H32N4O2/c1-5-22-19(23-13-16-12-15-8-6-7-9-18(15)16)25-11-10-17(14-25)24-20(26)27-21(2,3)4/h6-9,16-17H,5,10-14H2,1-4H3,(H,22,23)(H,24,26). The predicted molar refractivity (Wildman–Crippen MR) is 108 cm³/mol. The van der Waals surface area contributed by atoms with Crippen molar-refractivity contribution < 1.29 is 9.53 Å². The van der Waals surface area contributed by atoms with Crippen LogP contribution in [0.25, 0.3) is 0 Å². The van der Waals surface area contributed by atoms with Gasteiger partial charge in [0.1, 0.15) is 5.60 Å². The smallest absolute Gasteiger partial charge is 0.407 e. The lowest BCUT2D eigenvalue weighted by atomic mass is 9.78. The number of carbonyl (C=O) groups excluding carboxylic acids is 1. The molecule has 0 bridgehead atoms. The summed E-state index contributed by atoms with van der Waals surface area (Å²) >= 11 is 0. The average Bonchev–Trinajstić information content (AvgIpc) is 3.01. The first-order valence-corrected chi connectivity index (χ1v) is 9.96. The van der Waals surface area contributed by atoms with Crippen molar-refractivity contribution in [2.75, 3.05) is 26.2 Å². The molecular weight excluding hydrogens is 340 g/mol. The first kappa shape index (κ1) is 19.5. The Morgan fingerprint density at radius 2 is 2.11 bits per heavy atom. The number of alkyl carbamates (subject to hydrolysis) is 1. The Balaban J connectivity index is 1.54. The van der Waals surface area contributed by atoms with Gasteiger partial charge in [0.15, 0.2) is 5.96 Å². The van der Waals surface area contributed by atoms with Gasteiger partial charge >= 0.3 is 6.09 Å². The zero-order chi connectivity index (χ0) is 19.4. The van der Waals surface area contributed by atoms with Crippen LogP contribution in [0.15, 0.2) is 29.3 Å². The summed E-state index contributed by atoms with van der Waals surface area (Å²) < 4.78 is 5.36. The minimum atomic E-state index is -0.474. The summed E-state index contributed by atoms with van der Waals surface area (Å²) in [4.78, 5) is 19.1. The van der Waals surface area contributed by atoms with E-state index in [-0.39, 0.29) is 12.1 Å². The molecule has 2 unspecified atom stereocenters. The third kappa shape index (κ3) is 5.15. The molecule has 6 heteroatoms. The Morgan fingerprint density at radius 1 is 1.33 bits per heavy atom. The van der Waals surface area contributed by atoms with E-state index in [9.17, 15) is 4.79 Å². The lowest BCUT2D eigenvalue weighted by molar-refractivity contribution is 0.0507. The largest absolute Gasteiger partial charge is 0.444 e. The Kier molecular flexibility index (Phi) is 5.92. The van der Waals surface area contributed by atoms with E-state index >= 15 is 0 Å². The number of nitrogens with zero attached hydrogens (tertiary/aromatic N) is 2. The van der Waals surface area contributed by atoms with Crippen LogP contribution in [0.3, 0.4) is 0 Å². The summed E-state index contributed by atoms with van der Waals surface area (Å²) in [6.07, 6.45) is 1.67. The molecule has 0 spiro atoms. The summed E-state index contributed by atoms with van der Waals surface area (Å²) in [6.45, 7) is 11.0. The summed E-state index contributed by atoms with van der Waals surface area (Å²) in [5, 5.41) is 6.37. The molecule has 1 aliphatic heterocycles. The van der Waals surface area contributed by atoms with Crippen molar-refractivity contribution in [2.45, 2.75) is 58.1 Å². The summed E-state index contributed by atoms with van der Waals surface area (Å²) in [5.41, 5.74) is 2.41. The Bertz CT molecular complexity index is 696. The molecule has 1 saturated heterocycles. The van der Waals surface area contributed by atoms with Gasteiger partial charge in [-0.1, -0.05) is 24.3 Å². The normalized spacial score (nSPS) is 22.1. The van der Waals surface area contributed by atoms with Gasteiger partial charge in [0, 0.05) is 32.1 Å². The quantitative estimate of drug-likeness (QED) is 0.630. The Morgan fingerprint density at radius 3 is 2.81 bits per heavy atom.